The fraction of sp³-hybridized carbons (Fsp3) is 0.524. The molecule has 3 heterocycles. The van der Waals surface area contributed by atoms with Crippen molar-refractivity contribution in [2.45, 2.75) is 133 Å². The molecule has 55 heavy (non-hydrogen) atoms. The highest BCUT2D eigenvalue weighted by atomic mass is 16.8. The number of hydrogen-bond donors (Lipinski definition) is 4. The van der Waals surface area contributed by atoms with Crippen LogP contribution in [-0.4, -0.2) is 119 Å². The summed E-state index contributed by atoms with van der Waals surface area (Å²) in [5, 5.41) is 45.4. The predicted octanol–water partition coefficient (Wildman–Crippen LogP) is 3.39. The van der Waals surface area contributed by atoms with Gasteiger partial charge in [0.15, 0.2) is 18.9 Å². The molecule has 4 N–H and O–H groups in total. The molecule has 3 fully saturated rings. The molecule has 3 aromatic rings. The van der Waals surface area contributed by atoms with Crippen molar-refractivity contribution in [3.05, 3.63) is 120 Å². The SMILES string of the molecule is C=CCO[C@@H]1O[C@@H](C)[C@@H](O)[C@@H](O[C@@H]2O[C@@H](C)[C@@H](O)[C@@H](O[C@@H]3O[C@@H](C)[C@@H](O)[C@@H](O)[C@@H]3OCc3ccccc3)[C@@H]2OCc2ccccc2)[C@@H]1OCc1ccccc1. The summed E-state index contributed by atoms with van der Waals surface area (Å²) in [4.78, 5) is 0. The van der Waals surface area contributed by atoms with Crippen LogP contribution in [0.4, 0.5) is 0 Å². The van der Waals surface area contributed by atoms with Crippen molar-refractivity contribution in [2.24, 2.45) is 0 Å². The first-order valence-corrected chi connectivity index (χ1v) is 18.8. The largest absolute Gasteiger partial charge is 0.388 e. The van der Waals surface area contributed by atoms with Crippen LogP contribution < -0.4 is 0 Å². The summed E-state index contributed by atoms with van der Waals surface area (Å²) in [7, 11) is 0. The average Bonchev–Trinajstić information content (AvgIpc) is 3.20. The number of benzene rings is 3. The van der Waals surface area contributed by atoms with Gasteiger partial charge in [-0.05, 0) is 37.5 Å². The standard InChI is InChI=1S/C42H54O13/c1-5-21-47-40-38(49-23-29-17-11-7-12-18-29)35(32(44)26(3)51-40)55-42-39(50-24-30-19-13-8-14-20-30)36(33(45)27(4)53-42)54-41-37(34(46)31(43)25(2)52-41)48-22-28-15-9-6-10-16-28/h5-20,25-27,31-46H,1,21-24H2,2-4H3/t25-,26-,27-,31+,32+,33+,34+,35+,36+,37-,38-,39-,40+,41-,42-/m0/s1. The van der Waals surface area contributed by atoms with E-state index in [9.17, 15) is 20.4 Å². The molecule has 0 aliphatic carbocycles. The maximum atomic E-state index is 11.7. The Morgan fingerprint density at radius 1 is 0.473 bits per heavy atom. The van der Waals surface area contributed by atoms with Gasteiger partial charge in [0.05, 0.1) is 44.7 Å². The minimum Gasteiger partial charge on any atom is -0.388 e. The topological polar surface area (TPSA) is 164 Å². The van der Waals surface area contributed by atoms with Gasteiger partial charge in [0.2, 0.25) is 0 Å². The van der Waals surface area contributed by atoms with E-state index in [-0.39, 0.29) is 26.4 Å². The van der Waals surface area contributed by atoms with Gasteiger partial charge >= 0.3 is 0 Å². The number of hydrogen-bond acceptors (Lipinski definition) is 13. The second-order valence-corrected chi connectivity index (χ2v) is 14.2. The Bertz CT molecular complexity index is 1570. The lowest BCUT2D eigenvalue weighted by molar-refractivity contribution is -0.384. The number of ether oxygens (including phenoxy) is 9. The molecule has 0 amide bonds. The highest BCUT2D eigenvalue weighted by Crippen LogP contribution is 2.36. The van der Waals surface area contributed by atoms with Crippen molar-refractivity contribution in [3.63, 3.8) is 0 Å². The van der Waals surface area contributed by atoms with E-state index < -0.39 is 92.1 Å². The zero-order chi connectivity index (χ0) is 38.9. The predicted molar refractivity (Wildman–Crippen MR) is 198 cm³/mol. The van der Waals surface area contributed by atoms with E-state index in [1.165, 1.54) is 0 Å². The van der Waals surface area contributed by atoms with Crippen molar-refractivity contribution >= 4 is 0 Å². The van der Waals surface area contributed by atoms with Crippen LogP contribution >= 0.6 is 0 Å². The first-order chi connectivity index (χ1) is 26.6. The molecular weight excluding hydrogens is 712 g/mol. The molecule has 3 saturated heterocycles. The summed E-state index contributed by atoms with van der Waals surface area (Å²) >= 11 is 0. The van der Waals surface area contributed by atoms with Gasteiger partial charge in [0.1, 0.15) is 54.9 Å². The summed E-state index contributed by atoms with van der Waals surface area (Å²) in [5.74, 6) is 0. The van der Waals surface area contributed by atoms with Crippen LogP contribution in [-0.2, 0) is 62.5 Å². The van der Waals surface area contributed by atoms with Crippen LogP contribution in [0.3, 0.4) is 0 Å². The van der Waals surface area contributed by atoms with Gasteiger partial charge in [-0.2, -0.15) is 0 Å². The highest BCUT2D eigenvalue weighted by molar-refractivity contribution is 5.15. The Labute approximate surface area is 322 Å². The van der Waals surface area contributed by atoms with Gasteiger partial charge in [0, 0.05) is 0 Å². The van der Waals surface area contributed by atoms with E-state index in [0.717, 1.165) is 16.7 Å². The summed E-state index contributed by atoms with van der Waals surface area (Å²) < 4.78 is 56.8. The number of aliphatic hydroxyl groups excluding tert-OH is 4. The van der Waals surface area contributed by atoms with Crippen molar-refractivity contribution in [2.75, 3.05) is 6.61 Å². The van der Waals surface area contributed by atoms with E-state index in [1.54, 1.807) is 26.8 Å². The highest BCUT2D eigenvalue weighted by Gasteiger charge is 2.54. The molecule has 300 valence electrons. The third-order valence-corrected chi connectivity index (χ3v) is 10.1. The third kappa shape index (κ3) is 10.4. The first-order valence-electron chi connectivity index (χ1n) is 18.8. The molecule has 3 aromatic carbocycles. The van der Waals surface area contributed by atoms with Crippen molar-refractivity contribution in [3.8, 4) is 0 Å². The van der Waals surface area contributed by atoms with E-state index >= 15 is 0 Å². The lowest BCUT2D eigenvalue weighted by atomic mass is 9.96. The minimum atomic E-state index is -1.38. The van der Waals surface area contributed by atoms with Crippen molar-refractivity contribution in [1.29, 1.82) is 0 Å². The maximum absolute atomic E-state index is 11.7. The number of aliphatic hydroxyl groups is 4. The molecule has 13 heteroatoms. The quantitative estimate of drug-likeness (QED) is 0.157. The summed E-state index contributed by atoms with van der Waals surface area (Å²) in [6.45, 7) is 9.25. The Morgan fingerprint density at radius 3 is 1.27 bits per heavy atom. The molecule has 3 aliphatic rings. The molecule has 0 aromatic heterocycles. The Morgan fingerprint density at radius 2 is 0.836 bits per heavy atom. The minimum absolute atomic E-state index is 0.0820. The van der Waals surface area contributed by atoms with Gasteiger partial charge in [-0.3, -0.25) is 0 Å². The lowest BCUT2D eigenvalue weighted by Gasteiger charge is -2.49. The van der Waals surface area contributed by atoms with E-state index in [0.29, 0.717) is 0 Å². The van der Waals surface area contributed by atoms with Crippen LogP contribution in [0.1, 0.15) is 37.5 Å². The summed E-state index contributed by atoms with van der Waals surface area (Å²) in [5.41, 5.74) is 2.56. The summed E-state index contributed by atoms with van der Waals surface area (Å²) in [6.07, 6.45) is -14.8. The smallest absolute Gasteiger partial charge is 0.187 e. The van der Waals surface area contributed by atoms with Crippen molar-refractivity contribution < 1.29 is 63.1 Å². The van der Waals surface area contributed by atoms with E-state index in [4.69, 9.17) is 42.6 Å². The van der Waals surface area contributed by atoms with Crippen LogP contribution in [0.2, 0.25) is 0 Å². The molecule has 6 rings (SSSR count). The van der Waals surface area contributed by atoms with Crippen LogP contribution in [0, 0.1) is 0 Å². The fourth-order valence-electron chi connectivity index (χ4n) is 6.94. The monoisotopic (exact) mass is 766 g/mol. The summed E-state index contributed by atoms with van der Waals surface area (Å²) in [6, 6.07) is 28.4. The molecular formula is C42H54O13. The Balaban J connectivity index is 1.30. The molecule has 0 radical (unpaired) electrons. The normalized spacial score (nSPS) is 36.7. The van der Waals surface area contributed by atoms with E-state index in [1.807, 2.05) is 91.0 Å². The maximum Gasteiger partial charge on any atom is 0.187 e. The third-order valence-electron chi connectivity index (χ3n) is 10.1. The average molecular weight is 767 g/mol. The van der Waals surface area contributed by atoms with Gasteiger partial charge in [-0.25, -0.2) is 0 Å². The molecule has 0 spiro atoms. The van der Waals surface area contributed by atoms with Gasteiger partial charge in [0.25, 0.3) is 0 Å². The molecule has 0 bridgehead atoms. The first kappa shape index (κ1) is 41.5. The van der Waals surface area contributed by atoms with Gasteiger partial charge in [-0.1, -0.05) is 97.1 Å². The Hall–Kier alpha value is -3.12. The van der Waals surface area contributed by atoms with E-state index in [2.05, 4.69) is 6.58 Å². The molecule has 13 nitrogen and oxygen atoms in total. The fourth-order valence-corrected chi connectivity index (χ4v) is 6.94. The molecule has 3 aliphatic heterocycles. The van der Waals surface area contributed by atoms with Crippen LogP contribution in [0.15, 0.2) is 104 Å². The van der Waals surface area contributed by atoms with Crippen LogP contribution in [0.25, 0.3) is 0 Å². The second-order valence-electron chi connectivity index (χ2n) is 14.2. The molecule has 15 atom stereocenters. The van der Waals surface area contributed by atoms with Gasteiger partial charge in [-0.15, -0.1) is 6.58 Å². The molecule has 0 saturated carbocycles. The zero-order valence-corrected chi connectivity index (χ0v) is 31.4. The van der Waals surface area contributed by atoms with Crippen molar-refractivity contribution in [1.82, 2.24) is 0 Å². The second kappa shape index (κ2) is 19.8. The zero-order valence-electron chi connectivity index (χ0n) is 31.4. The molecule has 0 unspecified atom stereocenters. The Kier molecular flexibility index (Phi) is 15.0. The van der Waals surface area contributed by atoms with Gasteiger partial charge < -0.3 is 63.1 Å². The lowest BCUT2D eigenvalue weighted by Crippen LogP contribution is -2.66. The number of rotatable bonds is 16. The van der Waals surface area contributed by atoms with Crippen LogP contribution in [0.5, 0.6) is 0 Å².